The average molecular weight is 342 g/mol. The lowest BCUT2D eigenvalue weighted by Crippen LogP contribution is -2.41. The molecule has 1 fully saturated rings. The largest absolute Gasteiger partial charge is 0.444 e. The van der Waals surface area contributed by atoms with E-state index in [1.807, 2.05) is 32.7 Å². The van der Waals surface area contributed by atoms with Crippen molar-refractivity contribution in [3.63, 3.8) is 0 Å². The molecule has 6 nitrogen and oxygen atoms in total. The molecular formula is C19H26N4O2. The Morgan fingerprint density at radius 3 is 2.32 bits per heavy atom. The molecule has 25 heavy (non-hydrogen) atoms. The number of hydrogen-bond donors (Lipinski definition) is 0. The van der Waals surface area contributed by atoms with Crippen molar-refractivity contribution < 1.29 is 9.53 Å². The van der Waals surface area contributed by atoms with E-state index < -0.39 is 5.60 Å². The fourth-order valence-corrected chi connectivity index (χ4v) is 3.10. The van der Waals surface area contributed by atoms with Crippen LogP contribution < -0.4 is 0 Å². The Morgan fingerprint density at radius 2 is 1.80 bits per heavy atom. The first-order valence-corrected chi connectivity index (χ1v) is 8.76. The van der Waals surface area contributed by atoms with Crippen molar-refractivity contribution in [2.45, 2.75) is 45.1 Å². The normalized spacial score (nSPS) is 16.1. The fourth-order valence-electron chi connectivity index (χ4n) is 3.10. The molecule has 1 aromatic heterocycles. The predicted octanol–water partition coefficient (Wildman–Crippen LogP) is 3.60. The van der Waals surface area contributed by atoms with Crippen LogP contribution in [0.1, 0.15) is 45.1 Å². The molecule has 0 unspecified atom stereocenters. The van der Waals surface area contributed by atoms with Crippen molar-refractivity contribution in [2.75, 3.05) is 13.1 Å². The highest BCUT2D eigenvalue weighted by molar-refractivity contribution is 5.68. The number of ether oxygens (including phenoxy) is 1. The number of hydrogen-bond acceptors (Lipinski definition) is 4. The van der Waals surface area contributed by atoms with Gasteiger partial charge in [0.05, 0.1) is 0 Å². The summed E-state index contributed by atoms with van der Waals surface area (Å²) in [5, 5.41) is 4.33. The first kappa shape index (κ1) is 17.5. The van der Waals surface area contributed by atoms with E-state index in [0.717, 1.165) is 37.3 Å². The number of aryl methyl sites for hydroxylation is 1. The molecule has 0 bridgehead atoms. The summed E-state index contributed by atoms with van der Waals surface area (Å²) in [5.74, 6) is 1.22. The summed E-state index contributed by atoms with van der Waals surface area (Å²) in [5.41, 5.74) is 1.89. The van der Waals surface area contributed by atoms with Crippen molar-refractivity contribution in [3.8, 4) is 11.4 Å². The number of aromatic nitrogens is 3. The Bertz CT molecular complexity index is 723. The van der Waals surface area contributed by atoms with E-state index in [-0.39, 0.29) is 6.09 Å². The smallest absolute Gasteiger partial charge is 0.410 e. The number of piperidine rings is 1. The molecule has 0 radical (unpaired) electrons. The summed E-state index contributed by atoms with van der Waals surface area (Å²) >= 11 is 0. The van der Waals surface area contributed by atoms with Crippen LogP contribution in [0.2, 0.25) is 0 Å². The van der Waals surface area contributed by atoms with Gasteiger partial charge in [-0.05, 0) is 45.1 Å². The van der Waals surface area contributed by atoms with Crippen LogP contribution in [0, 0.1) is 0 Å². The highest BCUT2D eigenvalue weighted by atomic mass is 16.6. The van der Waals surface area contributed by atoms with Crippen molar-refractivity contribution in [3.05, 3.63) is 36.2 Å². The maximum absolute atomic E-state index is 12.1. The fraction of sp³-hybridized carbons (Fsp3) is 0.526. The summed E-state index contributed by atoms with van der Waals surface area (Å²) < 4.78 is 7.16. The second kappa shape index (κ2) is 6.86. The van der Waals surface area contributed by atoms with Crippen molar-refractivity contribution in [1.82, 2.24) is 19.7 Å². The Labute approximate surface area is 148 Å². The number of carbonyl (C=O) groups excluding carboxylic acids is 1. The van der Waals surface area contributed by atoms with E-state index in [2.05, 4.69) is 34.3 Å². The molecule has 0 spiro atoms. The number of rotatable bonds is 2. The van der Waals surface area contributed by atoms with E-state index in [9.17, 15) is 4.79 Å². The third-order valence-electron chi connectivity index (χ3n) is 4.39. The van der Waals surface area contributed by atoms with Gasteiger partial charge in [-0.25, -0.2) is 9.78 Å². The van der Waals surface area contributed by atoms with Gasteiger partial charge in [-0.1, -0.05) is 24.3 Å². The van der Waals surface area contributed by atoms with E-state index in [0.29, 0.717) is 5.92 Å². The Hall–Kier alpha value is -2.37. The summed E-state index contributed by atoms with van der Waals surface area (Å²) in [6.07, 6.45) is 3.42. The predicted molar refractivity (Wildman–Crippen MR) is 96.2 cm³/mol. The Morgan fingerprint density at radius 1 is 1.16 bits per heavy atom. The molecular weight excluding hydrogens is 316 g/mol. The third kappa shape index (κ3) is 4.38. The van der Waals surface area contributed by atoms with Gasteiger partial charge in [-0.2, -0.15) is 5.10 Å². The minimum absolute atomic E-state index is 0.206. The lowest BCUT2D eigenvalue weighted by atomic mass is 9.89. The van der Waals surface area contributed by atoms with Crippen LogP contribution in [0.15, 0.2) is 30.6 Å². The molecule has 0 saturated carbocycles. The maximum Gasteiger partial charge on any atom is 0.410 e. The molecule has 1 aliphatic rings. The molecule has 2 heterocycles. The molecule has 1 saturated heterocycles. The molecule has 6 heteroatoms. The van der Waals surface area contributed by atoms with Gasteiger partial charge in [0.25, 0.3) is 0 Å². The van der Waals surface area contributed by atoms with Gasteiger partial charge in [-0.3, -0.25) is 4.68 Å². The Balaban J connectivity index is 1.59. The zero-order chi connectivity index (χ0) is 18.0. The summed E-state index contributed by atoms with van der Waals surface area (Å²) in [7, 11) is 1.86. The molecule has 0 aliphatic carbocycles. The molecule has 3 rings (SSSR count). The summed E-state index contributed by atoms with van der Waals surface area (Å²) in [6.45, 7) is 7.17. The van der Waals surface area contributed by atoms with Gasteiger partial charge >= 0.3 is 6.09 Å². The molecule has 1 amide bonds. The quantitative estimate of drug-likeness (QED) is 0.837. The Kier molecular flexibility index (Phi) is 4.79. The zero-order valence-electron chi connectivity index (χ0n) is 15.4. The second-order valence-corrected chi connectivity index (χ2v) is 7.61. The number of likely N-dealkylation sites (tertiary alicyclic amines) is 1. The van der Waals surface area contributed by atoms with Gasteiger partial charge in [0, 0.05) is 25.7 Å². The minimum atomic E-state index is -0.441. The molecule has 1 aromatic carbocycles. The van der Waals surface area contributed by atoms with E-state index in [1.54, 1.807) is 11.0 Å². The highest BCUT2D eigenvalue weighted by Gasteiger charge is 2.27. The lowest BCUT2D eigenvalue weighted by Gasteiger charge is -2.33. The van der Waals surface area contributed by atoms with Crippen LogP contribution in [0.5, 0.6) is 0 Å². The maximum atomic E-state index is 12.1. The van der Waals surface area contributed by atoms with Crippen LogP contribution in [-0.2, 0) is 11.8 Å². The van der Waals surface area contributed by atoms with E-state index in [1.165, 1.54) is 5.56 Å². The van der Waals surface area contributed by atoms with Gasteiger partial charge in [0.1, 0.15) is 11.9 Å². The van der Waals surface area contributed by atoms with Crippen LogP contribution >= 0.6 is 0 Å². The van der Waals surface area contributed by atoms with E-state index in [4.69, 9.17) is 4.74 Å². The second-order valence-electron chi connectivity index (χ2n) is 7.61. The van der Waals surface area contributed by atoms with E-state index >= 15 is 0 Å². The standard InChI is InChI=1S/C19H26N4O2/c1-19(2,3)25-18(24)23-11-9-15(10-12-23)14-5-7-16(8-6-14)17-20-13-22(4)21-17/h5-8,13,15H,9-12H2,1-4H3. The van der Waals surface area contributed by atoms with Crippen LogP contribution in [0.4, 0.5) is 4.79 Å². The van der Waals surface area contributed by atoms with Crippen LogP contribution in [-0.4, -0.2) is 44.4 Å². The molecule has 0 N–H and O–H groups in total. The van der Waals surface area contributed by atoms with Crippen molar-refractivity contribution in [1.29, 1.82) is 0 Å². The first-order valence-electron chi connectivity index (χ1n) is 8.76. The topological polar surface area (TPSA) is 60.2 Å². The highest BCUT2D eigenvalue weighted by Crippen LogP contribution is 2.30. The molecule has 0 atom stereocenters. The number of nitrogens with zero attached hydrogens (tertiary/aromatic N) is 4. The number of benzene rings is 1. The average Bonchev–Trinajstić information content (AvgIpc) is 3.00. The van der Waals surface area contributed by atoms with Gasteiger partial charge in [0.15, 0.2) is 5.82 Å². The molecule has 1 aliphatic heterocycles. The summed E-state index contributed by atoms with van der Waals surface area (Å²) in [4.78, 5) is 18.2. The third-order valence-corrected chi connectivity index (χ3v) is 4.39. The van der Waals surface area contributed by atoms with Crippen LogP contribution in [0.3, 0.4) is 0 Å². The van der Waals surface area contributed by atoms with Crippen molar-refractivity contribution in [2.24, 2.45) is 7.05 Å². The molecule has 2 aromatic rings. The summed E-state index contributed by atoms with van der Waals surface area (Å²) in [6, 6.07) is 8.45. The minimum Gasteiger partial charge on any atom is -0.444 e. The van der Waals surface area contributed by atoms with Gasteiger partial charge in [-0.15, -0.1) is 0 Å². The SMILES string of the molecule is Cn1cnc(-c2ccc(C3CCN(C(=O)OC(C)(C)C)CC3)cc2)n1. The van der Waals surface area contributed by atoms with Gasteiger partial charge < -0.3 is 9.64 Å². The van der Waals surface area contributed by atoms with Crippen molar-refractivity contribution >= 4 is 6.09 Å². The first-order chi connectivity index (χ1) is 11.8. The number of carbonyl (C=O) groups is 1. The molecule has 134 valence electrons. The lowest BCUT2D eigenvalue weighted by molar-refractivity contribution is 0.0205. The van der Waals surface area contributed by atoms with Crippen LogP contribution in [0.25, 0.3) is 11.4 Å². The number of amides is 1. The monoisotopic (exact) mass is 342 g/mol. The zero-order valence-corrected chi connectivity index (χ0v) is 15.4. The van der Waals surface area contributed by atoms with Gasteiger partial charge in [0.2, 0.25) is 0 Å².